The van der Waals surface area contributed by atoms with Crippen LogP contribution in [-0.4, -0.2) is 35.3 Å². The predicted octanol–water partition coefficient (Wildman–Crippen LogP) is 2.82. The van der Waals surface area contributed by atoms with Crippen molar-refractivity contribution in [2.45, 2.75) is 72.9 Å². The second-order valence-corrected chi connectivity index (χ2v) is 8.75. The van der Waals surface area contributed by atoms with Crippen molar-refractivity contribution in [1.82, 2.24) is 10.2 Å². The highest BCUT2D eigenvalue weighted by molar-refractivity contribution is 5.80. The van der Waals surface area contributed by atoms with Crippen molar-refractivity contribution in [2.75, 3.05) is 6.54 Å². The number of likely N-dealkylation sites (tertiary alicyclic amines) is 1. The van der Waals surface area contributed by atoms with Gasteiger partial charge in [0.05, 0.1) is 0 Å². The first-order chi connectivity index (χ1) is 10.1. The Morgan fingerprint density at radius 1 is 1.36 bits per heavy atom. The summed E-state index contributed by atoms with van der Waals surface area (Å²) >= 11 is 0. The van der Waals surface area contributed by atoms with Crippen LogP contribution in [-0.2, 0) is 9.59 Å². The molecule has 1 N–H and O–H groups in total. The molecule has 0 radical (unpaired) electrons. The molecule has 0 spiro atoms. The summed E-state index contributed by atoms with van der Waals surface area (Å²) < 4.78 is 0. The minimum atomic E-state index is 0.0195. The zero-order valence-corrected chi connectivity index (χ0v) is 15.0. The standard InChI is InChI=1S/C18H32N2O2/c1-11(2)20-15-7-12(3)14(13(15)8-17(20)22)10-19-16(21)9-18(4,5)6/h11-15H,7-10H2,1-6H3,(H,19,21)/t12-,13-,14+,15+/m0/s1. The summed E-state index contributed by atoms with van der Waals surface area (Å²) in [7, 11) is 0. The average molecular weight is 308 g/mol. The first kappa shape index (κ1) is 17.3. The van der Waals surface area contributed by atoms with Crippen LogP contribution >= 0.6 is 0 Å². The van der Waals surface area contributed by atoms with Crippen molar-refractivity contribution >= 4 is 11.8 Å². The molecule has 1 heterocycles. The number of amides is 2. The van der Waals surface area contributed by atoms with Gasteiger partial charge in [-0.05, 0) is 43.4 Å². The van der Waals surface area contributed by atoms with Gasteiger partial charge in [0, 0.05) is 31.5 Å². The van der Waals surface area contributed by atoms with Crippen molar-refractivity contribution in [2.24, 2.45) is 23.2 Å². The van der Waals surface area contributed by atoms with Crippen LogP contribution in [0, 0.1) is 23.2 Å². The van der Waals surface area contributed by atoms with Crippen molar-refractivity contribution in [1.29, 1.82) is 0 Å². The number of rotatable bonds is 4. The first-order valence-corrected chi connectivity index (χ1v) is 8.68. The van der Waals surface area contributed by atoms with E-state index in [4.69, 9.17) is 0 Å². The zero-order chi connectivity index (χ0) is 16.7. The Morgan fingerprint density at radius 3 is 2.55 bits per heavy atom. The SMILES string of the molecule is CC(C)N1C(=O)C[C@H]2[C@H](CNC(=O)CC(C)(C)C)[C@@H](C)C[C@H]21. The topological polar surface area (TPSA) is 49.4 Å². The highest BCUT2D eigenvalue weighted by Gasteiger charge is 2.51. The Hall–Kier alpha value is -1.06. The van der Waals surface area contributed by atoms with Crippen LogP contribution in [0.2, 0.25) is 0 Å². The van der Waals surface area contributed by atoms with Gasteiger partial charge in [0.1, 0.15) is 0 Å². The second kappa shape index (κ2) is 6.21. The molecule has 1 saturated heterocycles. The number of carbonyl (C=O) groups is 2. The molecule has 1 saturated carbocycles. The van der Waals surface area contributed by atoms with Gasteiger partial charge in [-0.2, -0.15) is 0 Å². The van der Waals surface area contributed by atoms with E-state index < -0.39 is 0 Å². The van der Waals surface area contributed by atoms with Gasteiger partial charge >= 0.3 is 0 Å². The van der Waals surface area contributed by atoms with Gasteiger partial charge < -0.3 is 10.2 Å². The number of carbonyl (C=O) groups excluding carboxylic acids is 2. The molecule has 0 aromatic heterocycles. The molecule has 0 aromatic carbocycles. The van der Waals surface area contributed by atoms with E-state index >= 15 is 0 Å². The lowest BCUT2D eigenvalue weighted by Gasteiger charge is -2.28. The maximum absolute atomic E-state index is 12.2. The van der Waals surface area contributed by atoms with Crippen molar-refractivity contribution in [3.05, 3.63) is 0 Å². The lowest BCUT2D eigenvalue weighted by Crippen LogP contribution is -2.39. The van der Waals surface area contributed by atoms with Crippen LogP contribution in [0.3, 0.4) is 0 Å². The predicted molar refractivity (Wildman–Crippen MR) is 88.2 cm³/mol. The molecule has 2 fully saturated rings. The Bertz CT molecular complexity index is 439. The van der Waals surface area contributed by atoms with Crippen LogP contribution in [0.4, 0.5) is 0 Å². The maximum atomic E-state index is 12.2. The highest BCUT2D eigenvalue weighted by atomic mass is 16.2. The van der Waals surface area contributed by atoms with Gasteiger partial charge in [-0.15, -0.1) is 0 Å². The molecule has 4 atom stereocenters. The third-order valence-electron chi connectivity index (χ3n) is 5.23. The van der Waals surface area contributed by atoms with Crippen molar-refractivity contribution in [3.8, 4) is 0 Å². The fraction of sp³-hybridized carbons (Fsp3) is 0.889. The molecule has 22 heavy (non-hydrogen) atoms. The number of nitrogens with one attached hydrogen (secondary N) is 1. The van der Waals surface area contributed by atoms with Crippen LogP contribution in [0.1, 0.15) is 60.8 Å². The van der Waals surface area contributed by atoms with E-state index in [1.54, 1.807) is 0 Å². The lowest BCUT2D eigenvalue weighted by atomic mass is 9.88. The Balaban J connectivity index is 1.95. The zero-order valence-electron chi connectivity index (χ0n) is 15.0. The minimum absolute atomic E-state index is 0.0195. The average Bonchev–Trinajstić information content (AvgIpc) is 2.77. The molecule has 2 rings (SSSR count). The van der Waals surface area contributed by atoms with Gasteiger partial charge in [-0.25, -0.2) is 0 Å². The molecule has 0 aromatic rings. The summed E-state index contributed by atoms with van der Waals surface area (Å²) in [5, 5.41) is 3.11. The summed E-state index contributed by atoms with van der Waals surface area (Å²) in [5.74, 6) is 1.84. The number of nitrogens with zero attached hydrogens (tertiary/aromatic N) is 1. The monoisotopic (exact) mass is 308 g/mol. The molecule has 1 aliphatic heterocycles. The van der Waals surface area contributed by atoms with Gasteiger partial charge in [-0.3, -0.25) is 9.59 Å². The fourth-order valence-corrected chi connectivity index (χ4v) is 4.34. The number of hydrogen-bond donors (Lipinski definition) is 1. The van der Waals surface area contributed by atoms with E-state index in [1.165, 1.54) is 0 Å². The number of hydrogen-bond acceptors (Lipinski definition) is 2. The molecule has 4 heteroatoms. The number of fused-ring (bicyclic) bond motifs is 1. The van der Waals surface area contributed by atoms with E-state index in [9.17, 15) is 9.59 Å². The van der Waals surface area contributed by atoms with Crippen LogP contribution in [0.15, 0.2) is 0 Å². The molecule has 4 nitrogen and oxygen atoms in total. The Kier molecular flexibility index (Phi) is 4.88. The van der Waals surface area contributed by atoms with Gasteiger partial charge in [0.2, 0.25) is 11.8 Å². The molecule has 2 aliphatic rings. The van der Waals surface area contributed by atoms with Crippen molar-refractivity contribution in [3.63, 3.8) is 0 Å². The van der Waals surface area contributed by atoms with E-state index in [0.29, 0.717) is 42.5 Å². The summed E-state index contributed by atoms with van der Waals surface area (Å²) in [4.78, 5) is 26.4. The molecular weight excluding hydrogens is 276 g/mol. The Labute approximate surface area is 135 Å². The lowest BCUT2D eigenvalue weighted by molar-refractivity contribution is -0.130. The highest BCUT2D eigenvalue weighted by Crippen LogP contribution is 2.46. The molecular formula is C18H32N2O2. The minimum Gasteiger partial charge on any atom is -0.356 e. The third kappa shape index (κ3) is 3.64. The third-order valence-corrected chi connectivity index (χ3v) is 5.23. The van der Waals surface area contributed by atoms with Gasteiger partial charge in [0.15, 0.2) is 0 Å². The largest absolute Gasteiger partial charge is 0.356 e. The molecule has 0 bridgehead atoms. The second-order valence-electron chi connectivity index (χ2n) is 8.75. The summed E-state index contributed by atoms with van der Waals surface area (Å²) in [6.07, 6.45) is 2.29. The van der Waals surface area contributed by atoms with Crippen LogP contribution in [0.5, 0.6) is 0 Å². The first-order valence-electron chi connectivity index (χ1n) is 8.68. The smallest absolute Gasteiger partial charge is 0.223 e. The molecule has 2 amide bonds. The molecule has 126 valence electrons. The van der Waals surface area contributed by atoms with Gasteiger partial charge in [-0.1, -0.05) is 27.7 Å². The summed E-state index contributed by atoms with van der Waals surface area (Å²) in [6, 6.07) is 0.663. The normalized spacial score (nSPS) is 31.8. The summed E-state index contributed by atoms with van der Waals surface area (Å²) in [6.45, 7) is 13.4. The van der Waals surface area contributed by atoms with Crippen molar-refractivity contribution < 1.29 is 9.59 Å². The molecule has 1 aliphatic carbocycles. The van der Waals surface area contributed by atoms with E-state index in [-0.39, 0.29) is 17.4 Å². The quantitative estimate of drug-likeness (QED) is 0.868. The maximum Gasteiger partial charge on any atom is 0.223 e. The Morgan fingerprint density at radius 2 is 2.00 bits per heavy atom. The van der Waals surface area contributed by atoms with Gasteiger partial charge in [0.25, 0.3) is 0 Å². The van der Waals surface area contributed by atoms with E-state index in [2.05, 4.69) is 51.8 Å². The van der Waals surface area contributed by atoms with Crippen LogP contribution < -0.4 is 5.32 Å². The van der Waals surface area contributed by atoms with E-state index in [1.807, 2.05) is 0 Å². The van der Waals surface area contributed by atoms with E-state index in [0.717, 1.165) is 13.0 Å². The fourth-order valence-electron chi connectivity index (χ4n) is 4.34. The summed E-state index contributed by atoms with van der Waals surface area (Å²) in [5.41, 5.74) is 0.0195. The molecule has 0 unspecified atom stereocenters. The van der Waals surface area contributed by atoms with Crippen LogP contribution in [0.25, 0.3) is 0 Å².